The second kappa shape index (κ2) is 12.9. The van der Waals surface area contributed by atoms with Crippen LogP contribution >= 0.6 is 11.3 Å². The number of aliphatic hydroxyl groups excluding tert-OH is 2. The molecule has 0 unspecified atom stereocenters. The molecule has 0 spiro atoms. The molecule has 0 atom stereocenters. The number of aromatic nitrogens is 1. The number of hydrogen-bond acceptors (Lipinski definition) is 10. The second-order valence-electron chi connectivity index (χ2n) is 8.76. The van der Waals surface area contributed by atoms with Crippen LogP contribution in [0.25, 0.3) is 16.5 Å². The Hall–Kier alpha value is -3.97. The number of sulfonamides is 1. The van der Waals surface area contributed by atoms with Gasteiger partial charge in [0.2, 0.25) is 0 Å². The largest absolute Gasteiger partial charge is 0.496 e. The van der Waals surface area contributed by atoms with E-state index in [-0.39, 0.29) is 41.9 Å². The first-order valence-electron chi connectivity index (χ1n) is 12.1. The zero-order valence-corrected chi connectivity index (χ0v) is 23.4. The SMILES string of the molecule is COc1cc(OCC(CO)CO)c(C=CC(=O)c2ccc(S(=O)(=O)Nc3cc(C)on3)cc2)cc1-c1cccs1. The lowest BCUT2D eigenvalue weighted by Gasteiger charge is -2.17. The molecular formula is C28H28N2O8S2. The smallest absolute Gasteiger partial charge is 0.263 e. The van der Waals surface area contributed by atoms with Crippen molar-refractivity contribution in [2.75, 3.05) is 31.7 Å². The fourth-order valence-electron chi connectivity index (χ4n) is 3.67. The van der Waals surface area contributed by atoms with Gasteiger partial charge in [0.1, 0.15) is 17.3 Å². The van der Waals surface area contributed by atoms with Crippen molar-refractivity contribution in [2.45, 2.75) is 11.8 Å². The number of nitrogens with zero attached hydrogens (tertiary/aromatic N) is 1. The molecule has 2 aromatic carbocycles. The molecule has 2 heterocycles. The van der Waals surface area contributed by atoms with Gasteiger partial charge in [-0.2, -0.15) is 0 Å². The highest BCUT2D eigenvalue weighted by Gasteiger charge is 2.18. The number of ether oxygens (including phenoxy) is 2. The van der Waals surface area contributed by atoms with Crippen LogP contribution < -0.4 is 14.2 Å². The van der Waals surface area contributed by atoms with Crippen LogP contribution in [0, 0.1) is 12.8 Å². The molecule has 0 fully saturated rings. The minimum atomic E-state index is -3.92. The highest BCUT2D eigenvalue weighted by Crippen LogP contribution is 2.39. The highest BCUT2D eigenvalue weighted by atomic mass is 32.2. The summed E-state index contributed by atoms with van der Waals surface area (Å²) in [5.41, 5.74) is 1.67. The van der Waals surface area contributed by atoms with E-state index in [0.717, 1.165) is 10.4 Å². The molecule has 0 aliphatic rings. The van der Waals surface area contributed by atoms with Gasteiger partial charge in [0.15, 0.2) is 11.6 Å². The second-order valence-corrected chi connectivity index (χ2v) is 11.4. The van der Waals surface area contributed by atoms with Crippen molar-refractivity contribution < 1.29 is 37.4 Å². The first-order chi connectivity index (χ1) is 19.2. The number of thiophene rings is 1. The van der Waals surface area contributed by atoms with Gasteiger partial charge in [0, 0.05) is 39.6 Å². The van der Waals surface area contributed by atoms with Gasteiger partial charge >= 0.3 is 0 Å². The number of hydrogen-bond donors (Lipinski definition) is 3. The Morgan fingerprint density at radius 1 is 1.12 bits per heavy atom. The Kier molecular flexibility index (Phi) is 9.38. The number of carbonyl (C=O) groups excluding carboxylic acids is 1. The fraction of sp³-hybridized carbons (Fsp3) is 0.214. The predicted molar refractivity (Wildman–Crippen MR) is 151 cm³/mol. The summed E-state index contributed by atoms with van der Waals surface area (Å²) in [7, 11) is -2.37. The molecule has 40 heavy (non-hydrogen) atoms. The molecule has 4 rings (SSSR count). The molecule has 4 aromatic rings. The van der Waals surface area contributed by atoms with Crippen LogP contribution in [0.4, 0.5) is 5.82 Å². The minimum Gasteiger partial charge on any atom is -0.496 e. The average molecular weight is 585 g/mol. The van der Waals surface area contributed by atoms with Crippen molar-refractivity contribution in [1.82, 2.24) is 5.16 Å². The van der Waals surface area contributed by atoms with Gasteiger partial charge in [-0.1, -0.05) is 11.2 Å². The van der Waals surface area contributed by atoms with Crippen LogP contribution in [0.5, 0.6) is 11.5 Å². The molecule has 0 aliphatic heterocycles. The Morgan fingerprint density at radius 3 is 2.48 bits per heavy atom. The highest BCUT2D eigenvalue weighted by molar-refractivity contribution is 7.92. The molecular weight excluding hydrogens is 556 g/mol. The molecule has 10 nitrogen and oxygen atoms in total. The number of anilines is 1. The summed E-state index contributed by atoms with van der Waals surface area (Å²) in [6, 6.07) is 14.4. The molecule has 0 saturated heterocycles. The van der Waals surface area contributed by atoms with Crippen molar-refractivity contribution in [3.8, 4) is 21.9 Å². The van der Waals surface area contributed by atoms with E-state index < -0.39 is 15.9 Å². The van der Waals surface area contributed by atoms with E-state index >= 15 is 0 Å². The van der Waals surface area contributed by atoms with Gasteiger partial charge in [-0.25, -0.2) is 8.42 Å². The van der Waals surface area contributed by atoms with Crippen LogP contribution in [0.3, 0.4) is 0 Å². The van der Waals surface area contributed by atoms with Crippen molar-refractivity contribution in [2.24, 2.45) is 5.92 Å². The van der Waals surface area contributed by atoms with Crippen LogP contribution in [-0.2, 0) is 10.0 Å². The van der Waals surface area contributed by atoms with Crippen LogP contribution in [0.1, 0.15) is 21.7 Å². The monoisotopic (exact) mass is 584 g/mol. The third-order valence-corrected chi connectivity index (χ3v) is 8.11. The summed E-state index contributed by atoms with van der Waals surface area (Å²) in [6.07, 6.45) is 2.96. The van der Waals surface area contributed by atoms with Gasteiger partial charge in [0.25, 0.3) is 10.0 Å². The van der Waals surface area contributed by atoms with Gasteiger partial charge in [0.05, 0.1) is 31.8 Å². The maximum Gasteiger partial charge on any atom is 0.263 e. The molecule has 210 valence electrons. The Balaban J connectivity index is 1.58. The Bertz CT molecular complexity index is 1570. The number of aliphatic hydroxyl groups is 2. The zero-order valence-electron chi connectivity index (χ0n) is 21.7. The molecule has 0 radical (unpaired) electrons. The molecule has 0 aliphatic carbocycles. The predicted octanol–water partition coefficient (Wildman–Crippen LogP) is 4.40. The van der Waals surface area contributed by atoms with Crippen LogP contribution in [-0.4, -0.2) is 56.5 Å². The average Bonchev–Trinajstić information content (AvgIpc) is 3.64. The fourth-order valence-corrected chi connectivity index (χ4v) is 5.40. The summed E-state index contributed by atoms with van der Waals surface area (Å²) in [5.74, 6) is 0.663. The summed E-state index contributed by atoms with van der Waals surface area (Å²) in [6.45, 7) is 1.21. The van der Waals surface area contributed by atoms with Crippen molar-refractivity contribution in [3.05, 3.63) is 82.9 Å². The van der Waals surface area contributed by atoms with Gasteiger partial charge < -0.3 is 24.2 Å². The number of carbonyl (C=O) groups is 1. The minimum absolute atomic E-state index is 0.0394. The summed E-state index contributed by atoms with van der Waals surface area (Å²) in [4.78, 5) is 13.9. The maximum absolute atomic E-state index is 13.0. The topological polar surface area (TPSA) is 148 Å². The van der Waals surface area contributed by atoms with Gasteiger partial charge in [-0.05, 0) is 60.9 Å². The normalized spacial score (nSPS) is 11.7. The van der Waals surface area contributed by atoms with E-state index in [1.54, 1.807) is 26.2 Å². The van der Waals surface area contributed by atoms with E-state index in [2.05, 4.69) is 9.88 Å². The number of rotatable bonds is 13. The number of methoxy groups -OCH3 is 1. The van der Waals surface area contributed by atoms with Crippen LogP contribution in [0.15, 0.2) is 75.5 Å². The van der Waals surface area contributed by atoms with E-state index in [9.17, 15) is 23.4 Å². The van der Waals surface area contributed by atoms with E-state index in [1.165, 1.54) is 47.7 Å². The molecule has 0 bridgehead atoms. The van der Waals surface area contributed by atoms with E-state index in [4.69, 9.17) is 14.0 Å². The lowest BCUT2D eigenvalue weighted by Crippen LogP contribution is -2.20. The first-order valence-corrected chi connectivity index (χ1v) is 14.5. The van der Waals surface area contributed by atoms with E-state index in [0.29, 0.717) is 22.8 Å². The number of nitrogens with one attached hydrogen (secondary N) is 1. The lowest BCUT2D eigenvalue weighted by molar-refractivity contribution is 0.104. The molecule has 12 heteroatoms. The number of ketones is 1. The summed E-state index contributed by atoms with van der Waals surface area (Å²) < 4.78 is 43.9. The standard InChI is InChI=1S/C28H28N2O8S2/c1-18-12-28(29-38-18)30-40(34,35)22-8-5-20(6-9-22)24(33)10-7-21-13-23(27-4-3-11-39-27)26(36-2)14-25(21)37-17-19(15-31)16-32/h3-14,19,31-32H,15-17H2,1-2H3,(H,29,30). The molecule has 2 aromatic heterocycles. The van der Waals surface area contributed by atoms with Gasteiger partial charge in [-0.3, -0.25) is 9.52 Å². The maximum atomic E-state index is 13.0. The van der Waals surface area contributed by atoms with E-state index in [1.807, 2.05) is 23.6 Å². The number of allylic oxidation sites excluding steroid dienone is 1. The number of aryl methyl sites for hydroxylation is 1. The van der Waals surface area contributed by atoms with Crippen LogP contribution in [0.2, 0.25) is 0 Å². The number of benzene rings is 2. The van der Waals surface area contributed by atoms with Crippen molar-refractivity contribution in [1.29, 1.82) is 0 Å². The Labute approximate surface area is 235 Å². The summed E-state index contributed by atoms with van der Waals surface area (Å²) >= 11 is 1.53. The third-order valence-electron chi connectivity index (χ3n) is 5.84. The quantitative estimate of drug-likeness (QED) is 0.154. The molecule has 0 saturated carbocycles. The lowest BCUT2D eigenvalue weighted by atomic mass is 10.0. The van der Waals surface area contributed by atoms with Crippen molar-refractivity contribution >= 4 is 39.0 Å². The summed E-state index contributed by atoms with van der Waals surface area (Å²) in [5, 5.41) is 24.4. The molecule has 3 N–H and O–H groups in total. The van der Waals surface area contributed by atoms with Gasteiger partial charge in [-0.15, -0.1) is 11.3 Å². The van der Waals surface area contributed by atoms with Crippen molar-refractivity contribution in [3.63, 3.8) is 0 Å². The zero-order chi connectivity index (χ0) is 28.7. The first kappa shape index (κ1) is 29.0. The molecule has 0 amide bonds. The third kappa shape index (κ3) is 6.96. The Morgan fingerprint density at radius 2 is 1.88 bits per heavy atom.